The molecule has 9 N–H and O–H groups in total. The van der Waals surface area contributed by atoms with Gasteiger partial charge in [-0.1, -0.05) is 0 Å². The third-order valence-corrected chi connectivity index (χ3v) is 3.25. The smallest absolute Gasteiger partial charge is 0.208 e. The maximum absolute atomic E-state index is 9.87. The summed E-state index contributed by atoms with van der Waals surface area (Å²) < 4.78 is 0. The molecular formula is C12H11BO9. The largest absolute Gasteiger partial charge is 0.505 e. The van der Waals surface area contributed by atoms with Crippen LogP contribution in [0.2, 0.25) is 0 Å². The van der Waals surface area contributed by atoms with Crippen molar-refractivity contribution in [1.29, 1.82) is 0 Å². The molecule has 0 atom stereocenters. The van der Waals surface area contributed by atoms with Gasteiger partial charge in [-0.25, -0.2) is 0 Å². The van der Waals surface area contributed by atoms with E-state index in [1.807, 2.05) is 0 Å². The van der Waals surface area contributed by atoms with Crippen molar-refractivity contribution in [2.75, 3.05) is 0 Å². The Morgan fingerprint density at radius 2 is 0.591 bits per heavy atom. The number of aromatic hydroxyl groups is 9. The lowest BCUT2D eigenvalue weighted by molar-refractivity contribution is 0.329. The van der Waals surface area contributed by atoms with Crippen molar-refractivity contribution in [2.45, 2.75) is 0 Å². The highest BCUT2D eigenvalue weighted by molar-refractivity contribution is 6.37. The highest BCUT2D eigenvalue weighted by Crippen LogP contribution is 2.59. The molecule has 10 heteroatoms. The topological polar surface area (TPSA) is 182 Å². The molecule has 22 heavy (non-hydrogen) atoms. The minimum absolute atomic E-state index is 0.287. The van der Waals surface area contributed by atoms with Crippen molar-refractivity contribution in [2.24, 2.45) is 0 Å². The van der Waals surface area contributed by atoms with Gasteiger partial charge in [-0.15, -0.1) is 0 Å². The van der Waals surface area contributed by atoms with Crippen molar-refractivity contribution in [1.82, 2.24) is 0 Å². The molecule has 0 aromatic heterocycles. The lowest BCUT2D eigenvalue weighted by Gasteiger charge is -2.17. The van der Waals surface area contributed by atoms with Crippen LogP contribution in [0.1, 0.15) is 0 Å². The summed E-state index contributed by atoms with van der Waals surface area (Å²) in [6.07, 6.45) is 0. The van der Waals surface area contributed by atoms with Crippen LogP contribution in [-0.4, -0.2) is 53.8 Å². The second kappa shape index (κ2) is 4.62. The minimum atomic E-state index is -1.25. The standard InChI is InChI=1S/C12H11BO9/c13-3-8(18)4(14)1(5(15)9(3)19)2-6(16)10(20)12(22)11(21)7(2)17/h14-22H,13H2. The molecule has 0 aliphatic heterocycles. The first kappa shape index (κ1) is 15.1. The Balaban J connectivity index is 3.03. The Bertz CT molecular complexity index is 675. The van der Waals surface area contributed by atoms with E-state index in [4.69, 9.17) is 0 Å². The molecule has 0 aliphatic carbocycles. The van der Waals surface area contributed by atoms with E-state index in [1.165, 1.54) is 7.85 Å². The van der Waals surface area contributed by atoms with Crippen LogP contribution in [0.3, 0.4) is 0 Å². The fourth-order valence-corrected chi connectivity index (χ4v) is 1.98. The lowest BCUT2D eigenvalue weighted by atomic mass is 9.88. The van der Waals surface area contributed by atoms with E-state index in [-0.39, 0.29) is 5.46 Å². The fourth-order valence-electron chi connectivity index (χ4n) is 1.98. The minimum Gasteiger partial charge on any atom is -0.505 e. The monoisotopic (exact) mass is 310 g/mol. The number of rotatable bonds is 1. The molecular weight excluding hydrogens is 299 g/mol. The predicted octanol–water partition coefficient (Wildman–Crippen LogP) is -1.04. The van der Waals surface area contributed by atoms with E-state index in [0.717, 1.165) is 0 Å². The van der Waals surface area contributed by atoms with Gasteiger partial charge in [-0.3, -0.25) is 0 Å². The maximum atomic E-state index is 9.87. The third-order valence-electron chi connectivity index (χ3n) is 3.25. The molecule has 0 bridgehead atoms. The molecule has 0 saturated carbocycles. The highest BCUT2D eigenvalue weighted by Gasteiger charge is 2.31. The van der Waals surface area contributed by atoms with Gasteiger partial charge in [0.2, 0.25) is 17.2 Å². The molecule has 2 aromatic rings. The zero-order valence-electron chi connectivity index (χ0n) is 11.0. The van der Waals surface area contributed by atoms with Crippen LogP contribution in [-0.2, 0) is 0 Å². The molecule has 0 saturated heterocycles. The van der Waals surface area contributed by atoms with E-state index in [0.29, 0.717) is 0 Å². The van der Waals surface area contributed by atoms with Crippen molar-refractivity contribution < 1.29 is 46.0 Å². The van der Waals surface area contributed by atoms with Crippen LogP contribution >= 0.6 is 0 Å². The van der Waals surface area contributed by atoms with Gasteiger partial charge in [0.15, 0.2) is 34.5 Å². The summed E-state index contributed by atoms with van der Waals surface area (Å²) in [5.74, 6) is -9.95. The van der Waals surface area contributed by atoms with Crippen LogP contribution in [0, 0.1) is 0 Å². The number of phenols is 9. The molecule has 2 rings (SSSR count). The molecule has 0 heterocycles. The van der Waals surface area contributed by atoms with Crippen LogP contribution in [0.4, 0.5) is 0 Å². The zero-order valence-corrected chi connectivity index (χ0v) is 11.0. The van der Waals surface area contributed by atoms with Gasteiger partial charge in [0.05, 0.1) is 11.1 Å². The second-order valence-electron chi connectivity index (χ2n) is 4.51. The van der Waals surface area contributed by atoms with Gasteiger partial charge in [0.25, 0.3) is 0 Å². The Morgan fingerprint density at radius 3 is 0.909 bits per heavy atom. The first-order chi connectivity index (χ1) is 10.1. The molecule has 116 valence electrons. The van der Waals surface area contributed by atoms with Crippen LogP contribution in [0.25, 0.3) is 11.1 Å². The Labute approximate surface area is 123 Å². The van der Waals surface area contributed by atoms with Crippen LogP contribution < -0.4 is 5.46 Å². The quantitative estimate of drug-likeness (QED) is 0.180. The van der Waals surface area contributed by atoms with Crippen molar-refractivity contribution in [3.63, 3.8) is 0 Å². The van der Waals surface area contributed by atoms with E-state index < -0.39 is 62.9 Å². The summed E-state index contributed by atoms with van der Waals surface area (Å²) in [7, 11) is 1.17. The van der Waals surface area contributed by atoms with Gasteiger partial charge >= 0.3 is 0 Å². The molecule has 0 fully saturated rings. The Kier molecular flexibility index (Phi) is 3.17. The number of hydrogen-bond acceptors (Lipinski definition) is 9. The van der Waals surface area contributed by atoms with Crippen molar-refractivity contribution in [3.05, 3.63) is 0 Å². The van der Waals surface area contributed by atoms with Crippen molar-refractivity contribution in [3.8, 4) is 62.9 Å². The molecule has 2 aromatic carbocycles. The average Bonchev–Trinajstić information content (AvgIpc) is 2.50. The summed E-state index contributed by atoms with van der Waals surface area (Å²) in [5.41, 5.74) is -2.06. The summed E-state index contributed by atoms with van der Waals surface area (Å²) in [6, 6.07) is 0. The first-order valence-electron chi connectivity index (χ1n) is 5.76. The normalized spacial score (nSPS) is 10.7. The number of benzene rings is 2. The molecule has 0 unspecified atom stereocenters. The summed E-state index contributed by atoms with van der Waals surface area (Å²) >= 11 is 0. The van der Waals surface area contributed by atoms with Crippen LogP contribution in [0.5, 0.6) is 51.7 Å². The molecule has 0 radical (unpaired) electrons. The summed E-state index contributed by atoms with van der Waals surface area (Å²) in [5, 5.41) is 86.8. The first-order valence-corrected chi connectivity index (χ1v) is 5.76. The SMILES string of the molecule is Bc1c(O)c(O)c(-c2c(O)c(O)c(O)c(O)c2O)c(O)c1O. The van der Waals surface area contributed by atoms with Gasteiger partial charge in [0, 0.05) is 5.46 Å². The average molecular weight is 310 g/mol. The molecule has 0 amide bonds. The highest BCUT2D eigenvalue weighted by atomic mass is 16.4. The van der Waals surface area contributed by atoms with Gasteiger partial charge in [0.1, 0.15) is 7.85 Å². The Morgan fingerprint density at radius 1 is 0.364 bits per heavy atom. The zero-order chi connectivity index (χ0) is 16.9. The number of phenolic OH excluding ortho intramolecular Hbond substituents is 9. The van der Waals surface area contributed by atoms with E-state index in [9.17, 15) is 46.0 Å². The Hall–Kier alpha value is -3.30. The number of hydrogen-bond donors (Lipinski definition) is 9. The molecule has 0 aliphatic rings. The molecule has 9 nitrogen and oxygen atoms in total. The predicted molar refractivity (Wildman–Crippen MR) is 75.0 cm³/mol. The second-order valence-corrected chi connectivity index (χ2v) is 4.51. The van der Waals surface area contributed by atoms with E-state index >= 15 is 0 Å². The van der Waals surface area contributed by atoms with Crippen molar-refractivity contribution >= 4 is 13.3 Å². The summed E-state index contributed by atoms with van der Waals surface area (Å²) in [4.78, 5) is 0. The van der Waals surface area contributed by atoms with Gasteiger partial charge in [-0.2, -0.15) is 0 Å². The van der Waals surface area contributed by atoms with Gasteiger partial charge in [-0.05, 0) is 0 Å². The van der Waals surface area contributed by atoms with E-state index in [1.54, 1.807) is 0 Å². The third kappa shape index (κ3) is 1.74. The summed E-state index contributed by atoms with van der Waals surface area (Å²) in [6.45, 7) is 0. The van der Waals surface area contributed by atoms with E-state index in [2.05, 4.69) is 0 Å². The molecule has 0 spiro atoms. The van der Waals surface area contributed by atoms with Gasteiger partial charge < -0.3 is 46.0 Å². The maximum Gasteiger partial charge on any atom is 0.208 e. The van der Waals surface area contributed by atoms with Crippen LogP contribution in [0.15, 0.2) is 0 Å². The fraction of sp³-hybridized carbons (Fsp3) is 0. The lowest BCUT2D eigenvalue weighted by Crippen LogP contribution is -2.05.